The number of aryl methyl sites for hydroxylation is 1. The molecule has 4 aromatic carbocycles. The first-order chi connectivity index (χ1) is 18.0. The zero-order valence-corrected chi connectivity index (χ0v) is 20.2. The molecule has 0 aromatic heterocycles. The van der Waals surface area contributed by atoms with Gasteiger partial charge in [-0.25, -0.2) is 9.69 Å². The molecule has 2 N–H and O–H groups in total. The maximum atomic E-state index is 12.8. The van der Waals surface area contributed by atoms with Gasteiger partial charge < -0.3 is 15.4 Å². The maximum absolute atomic E-state index is 12.8. The second kappa shape index (κ2) is 10.4. The van der Waals surface area contributed by atoms with Crippen molar-refractivity contribution in [3.05, 3.63) is 113 Å². The first kappa shape index (κ1) is 23.8. The van der Waals surface area contributed by atoms with Gasteiger partial charge in [-0.2, -0.15) is 0 Å². The molecule has 0 saturated carbocycles. The fraction of sp³-hybridized carbons (Fsp3) is 0.100. The summed E-state index contributed by atoms with van der Waals surface area (Å²) in [4.78, 5) is 38.4. The van der Waals surface area contributed by atoms with Gasteiger partial charge in [-0.15, -0.1) is 0 Å². The Morgan fingerprint density at radius 2 is 1.70 bits per heavy atom. The van der Waals surface area contributed by atoms with E-state index < -0.39 is 17.8 Å². The quantitative estimate of drug-likeness (QED) is 0.273. The Bertz CT molecular complexity index is 1520. The van der Waals surface area contributed by atoms with Crippen LogP contribution in [0.15, 0.2) is 96.7 Å². The van der Waals surface area contributed by atoms with Crippen LogP contribution in [0, 0.1) is 6.92 Å². The Morgan fingerprint density at radius 3 is 2.51 bits per heavy atom. The van der Waals surface area contributed by atoms with Gasteiger partial charge in [0.05, 0.1) is 0 Å². The van der Waals surface area contributed by atoms with E-state index in [4.69, 9.17) is 4.74 Å². The number of imide groups is 1. The van der Waals surface area contributed by atoms with Crippen molar-refractivity contribution in [1.82, 2.24) is 10.2 Å². The molecule has 0 unspecified atom stereocenters. The summed E-state index contributed by atoms with van der Waals surface area (Å²) in [5.74, 6) is -0.324. The molecule has 1 aliphatic heterocycles. The molecule has 184 valence electrons. The third-order valence-corrected chi connectivity index (χ3v) is 6.03. The van der Waals surface area contributed by atoms with Crippen LogP contribution in [-0.2, 0) is 16.2 Å². The van der Waals surface area contributed by atoms with Crippen LogP contribution in [0.5, 0.6) is 5.75 Å². The molecule has 0 atom stereocenters. The number of fused-ring (bicyclic) bond motifs is 1. The van der Waals surface area contributed by atoms with Gasteiger partial charge in [0.2, 0.25) is 5.91 Å². The van der Waals surface area contributed by atoms with Crippen molar-refractivity contribution >= 4 is 40.4 Å². The van der Waals surface area contributed by atoms with E-state index in [1.165, 1.54) is 0 Å². The van der Waals surface area contributed by atoms with Crippen LogP contribution in [-0.4, -0.2) is 29.3 Å². The minimum absolute atomic E-state index is 0.109. The van der Waals surface area contributed by atoms with Gasteiger partial charge in [-0.1, -0.05) is 66.7 Å². The average Bonchev–Trinajstić information content (AvgIpc) is 3.15. The van der Waals surface area contributed by atoms with Crippen molar-refractivity contribution in [1.29, 1.82) is 0 Å². The largest absolute Gasteiger partial charge is 0.489 e. The van der Waals surface area contributed by atoms with E-state index in [1.54, 1.807) is 24.3 Å². The number of anilines is 1. The summed E-state index contributed by atoms with van der Waals surface area (Å²) in [7, 11) is 0. The molecule has 37 heavy (non-hydrogen) atoms. The number of benzene rings is 4. The molecule has 7 nitrogen and oxygen atoms in total. The fourth-order valence-electron chi connectivity index (χ4n) is 4.19. The smallest absolute Gasteiger partial charge is 0.329 e. The molecule has 4 aromatic rings. The van der Waals surface area contributed by atoms with Crippen LogP contribution >= 0.6 is 0 Å². The third kappa shape index (κ3) is 5.51. The lowest BCUT2D eigenvalue weighted by Gasteiger charge is -2.12. The Labute approximate surface area is 214 Å². The lowest BCUT2D eigenvalue weighted by molar-refractivity contribution is -0.127. The molecule has 0 bridgehead atoms. The number of nitrogens with zero attached hydrogens (tertiary/aromatic N) is 1. The minimum atomic E-state index is -0.634. The van der Waals surface area contributed by atoms with E-state index in [1.807, 2.05) is 61.5 Å². The second-order valence-electron chi connectivity index (χ2n) is 8.79. The highest BCUT2D eigenvalue weighted by Crippen LogP contribution is 2.22. The second-order valence-corrected chi connectivity index (χ2v) is 8.79. The predicted octanol–water partition coefficient (Wildman–Crippen LogP) is 5.26. The highest BCUT2D eigenvalue weighted by Gasteiger charge is 2.34. The number of carbonyl (C=O) groups is 3. The van der Waals surface area contributed by atoms with Gasteiger partial charge in [-0.3, -0.25) is 9.59 Å². The lowest BCUT2D eigenvalue weighted by atomic mass is 10.1. The Kier molecular flexibility index (Phi) is 6.68. The molecule has 0 spiro atoms. The van der Waals surface area contributed by atoms with Crippen molar-refractivity contribution < 1.29 is 19.1 Å². The van der Waals surface area contributed by atoms with E-state index in [9.17, 15) is 14.4 Å². The summed E-state index contributed by atoms with van der Waals surface area (Å²) in [6.45, 7) is 1.96. The summed E-state index contributed by atoms with van der Waals surface area (Å²) in [5, 5.41) is 7.57. The zero-order chi connectivity index (χ0) is 25.8. The van der Waals surface area contributed by atoms with Crippen molar-refractivity contribution in [2.75, 3.05) is 11.9 Å². The summed E-state index contributed by atoms with van der Waals surface area (Å²) in [5.41, 5.74) is 3.51. The Balaban J connectivity index is 1.21. The van der Waals surface area contributed by atoms with Crippen molar-refractivity contribution in [3.8, 4) is 5.75 Å². The van der Waals surface area contributed by atoms with Crippen LogP contribution in [0.1, 0.15) is 16.7 Å². The van der Waals surface area contributed by atoms with Gasteiger partial charge in [0.1, 0.15) is 24.6 Å². The highest BCUT2D eigenvalue weighted by atomic mass is 16.5. The monoisotopic (exact) mass is 491 g/mol. The van der Waals surface area contributed by atoms with Gasteiger partial charge in [0.15, 0.2) is 0 Å². The lowest BCUT2D eigenvalue weighted by Crippen LogP contribution is -2.38. The Hall–Kier alpha value is -4.91. The van der Waals surface area contributed by atoms with Gasteiger partial charge in [-0.05, 0) is 64.7 Å². The minimum Gasteiger partial charge on any atom is -0.489 e. The van der Waals surface area contributed by atoms with Crippen LogP contribution in [0.3, 0.4) is 0 Å². The van der Waals surface area contributed by atoms with Gasteiger partial charge in [0.25, 0.3) is 5.91 Å². The first-order valence-corrected chi connectivity index (χ1v) is 11.9. The van der Waals surface area contributed by atoms with Crippen molar-refractivity contribution in [3.63, 3.8) is 0 Å². The number of nitrogens with one attached hydrogen (secondary N) is 2. The maximum Gasteiger partial charge on any atom is 0.329 e. The number of ether oxygens (including phenoxy) is 1. The fourth-order valence-corrected chi connectivity index (χ4v) is 4.19. The summed E-state index contributed by atoms with van der Waals surface area (Å²) in [6.07, 6.45) is 1.58. The average molecular weight is 492 g/mol. The number of rotatable bonds is 7. The van der Waals surface area contributed by atoms with Crippen LogP contribution in [0.2, 0.25) is 0 Å². The number of hydrogen-bond acceptors (Lipinski definition) is 4. The van der Waals surface area contributed by atoms with Crippen LogP contribution in [0.25, 0.3) is 16.8 Å². The molecular weight excluding hydrogens is 466 g/mol. The molecule has 1 aliphatic rings. The molecular formula is C30H25N3O4. The van der Waals surface area contributed by atoms with E-state index in [0.717, 1.165) is 26.8 Å². The van der Waals surface area contributed by atoms with E-state index in [2.05, 4.69) is 28.8 Å². The molecule has 1 fully saturated rings. The van der Waals surface area contributed by atoms with E-state index >= 15 is 0 Å². The predicted molar refractivity (Wildman–Crippen MR) is 143 cm³/mol. The normalized spacial score (nSPS) is 14.2. The highest BCUT2D eigenvalue weighted by molar-refractivity contribution is 6.15. The van der Waals surface area contributed by atoms with Crippen LogP contribution in [0.4, 0.5) is 10.5 Å². The molecule has 1 saturated heterocycles. The number of carbonyl (C=O) groups excluding carboxylic acids is 3. The first-order valence-electron chi connectivity index (χ1n) is 11.9. The van der Waals surface area contributed by atoms with E-state index in [-0.39, 0.29) is 12.2 Å². The Morgan fingerprint density at radius 1 is 0.946 bits per heavy atom. The van der Waals surface area contributed by atoms with Gasteiger partial charge >= 0.3 is 6.03 Å². The number of urea groups is 1. The molecule has 0 aliphatic carbocycles. The standard InChI is InChI=1S/C30H25N3O4/c1-20-6-4-10-24(16-20)31-28(34)18-33-29(35)27(32-30(33)36)17-21-12-14-25(15-13-21)37-19-23-9-5-8-22-7-2-3-11-26(22)23/h2-17H,18-19H2,1H3,(H,31,34)(H,32,36)/b27-17+. The molecule has 7 heteroatoms. The molecule has 1 heterocycles. The summed E-state index contributed by atoms with van der Waals surface area (Å²) < 4.78 is 5.97. The molecule has 5 rings (SSSR count). The summed E-state index contributed by atoms with van der Waals surface area (Å²) in [6, 6.07) is 28.2. The molecule has 0 radical (unpaired) electrons. The van der Waals surface area contributed by atoms with Gasteiger partial charge in [0, 0.05) is 5.69 Å². The topological polar surface area (TPSA) is 87.7 Å². The zero-order valence-electron chi connectivity index (χ0n) is 20.2. The van der Waals surface area contributed by atoms with Crippen molar-refractivity contribution in [2.45, 2.75) is 13.5 Å². The SMILES string of the molecule is Cc1cccc(NC(=O)CN2C(=O)N/C(=C/c3ccc(OCc4cccc5ccccc45)cc3)C2=O)c1. The number of amides is 4. The van der Waals surface area contributed by atoms with Crippen molar-refractivity contribution in [2.24, 2.45) is 0 Å². The number of hydrogen-bond donors (Lipinski definition) is 2. The molecule has 4 amide bonds. The third-order valence-electron chi connectivity index (χ3n) is 6.03. The van der Waals surface area contributed by atoms with Crippen LogP contribution < -0.4 is 15.4 Å². The summed E-state index contributed by atoms with van der Waals surface area (Å²) >= 11 is 0. The van der Waals surface area contributed by atoms with E-state index in [0.29, 0.717) is 23.6 Å².